The molecule has 108 valence electrons. The Morgan fingerprint density at radius 1 is 1.35 bits per heavy atom. The third kappa shape index (κ3) is 2.69. The Bertz CT molecular complexity index is 599. The largest absolute Gasteiger partial charge is 0.369 e. The van der Waals surface area contributed by atoms with Gasteiger partial charge in [-0.05, 0) is 34.0 Å². The van der Waals surface area contributed by atoms with Gasteiger partial charge in [0.2, 0.25) is 0 Å². The predicted molar refractivity (Wildman–Crippen MR) is 86.5 cm³/mol. The smallest absolute Gasteiger partial charge is 0.132 e. The van der Waals surface area contributed by atoms with Gasteiger partial charge in [-0.1, -0.05) is 13.8 Å². The van der Waals surface area contributed by atoms with Crippen LogP contribution in [0.5, 0.6) is 0 Å². The topological polar surface area (TPSA) is 32.6 Å². The minimum Gasteiger partial charge on any atom is -0.369 e. The van der Waals surface area contributed by atoms with Crippen molar-refractivity contribution in [1.82, 2.24) is 14.7 Å². The number of rotatable bonds is 3. The summed E-state index contributed by atoms with van der Waals surface area (Å²) in [5.41, 5.74) is 2.45. The fourth-order valence-electron chi connectivity index (χ4n) is 2.73. The van der Waals surface area contributed by atoms with E-state index >= 15 is 0 Å². The van der Waals surface area contributed by atoms with Crippen LogP contribution >= 0.6 is 15.9 Å². The molecule has 2 aromatic heterocycles. The van der Waals surface area contributed by atoms with Gasteiger partial charge in [-0.15, -0.1) is 0 Å². The molecular weight excluding hydrogens is 316 g/mol. The highest BCUT2D eigenvalue weighted by atomic mass is 79.9. The molecule has 0 aromatic carbocycles. The lowest BCUT2D eigenvalue weighted by Gasteiger charge is -2.29. The first-order valence-electron chi connectivity index (χ1n) is 7.27. The first kappa shape index (κ1) is 13.9. The number of nitrogens with zero attached hydrogens (tertiary/aromatic N) is 3. The van der Waals surface area contributed by atoms with E-state index in [0.717, 1.165) is 48.5 Å². The summed E-state index contributed by atoms with van der Waals surface area (Å²) < 4.78 is 3.15. The van der Waals surface area contributed by atoms with E-state index in [-0.39, 0.29) is 0 Å². The monoisotopic (exact) mass is 336 g/mol. The zero-order chi connectivity index (χ0) is 14.1. The van der Waals surface area contributed by atoms with E-state index in [9.17, 15) is 0 Å². The van der Waals surface area contributed by atoms with Gasteiger partial charge in [-0.25, -0.2) is 4.98 Å². The lowest BCUT2D eigenvalue weighted by Crippen LogP contribution is -2.43. The van der Waals surface area contributed by atoms with Gasteiger partial charge in [0, 0.05) is 44.5 Å². The molecule has 1 N–H and O–H groups in total. The summed E-state index contributed by atoms with van der Waals surface area (Å²) in [4.78, 5) is 7.09. The molecule has 0 unspecified atom stereocenters. The van der Waals surface area contributed by atoms with Crippen molar-refractivity contribution < 1.29 is 0 Å². The highest BCUT2D eigenvalue weighted by Gasteiger charge is 2.14. The zero-order valence-electron chi connectivity index (χ0n) is 12.1. The number of fused-ring (bicyclic) bond motifs is 1. The van der Waals surface area contributed by atoms with Crippen LogP contribution in [0.25, 0.3) is 5.52 Å². The molecule has 5 heteroatoms. The Balaban J connectivity index is 1.96. The Hall–Kier alpha value is -1.07. The number of piperazine rings is 1. The van der Waals surface area contributed by atoms with E-state index in [2.05, 4.69) is 67.7 Å². The van der Waals surface area contributed by atoms with Crippen LogP contribution in [-0.2, 0) is 6.42 Å². The molecule has 0 bridgehead atoms. The molecule has 0 saturated carbocycles. The maximum Gasteiger partial charge on any atom is 0.132 e. The first-order chi connectivity index (χ1) is 9.65. The summed E-state index contributed by atoms with van der Waals surface area (Å²) >= 11 is 3.60. The van der Waals surface area contributed by atoms with Gasteiger partial charge in [0.25, 0.3) is 0 Å². The maximum absolute atomic E-state index is 4.66. The SMILES string of the molecule is CC(C)Cc1nc(Br)c2cc(N3CCNCC3)ccn12. The summed E-state index contributed by atoms with van der Waals surface area (Å²) in [6.45, 7) is 8.71. The Morgan fingerprint density at radius 2 is 2.10 bits per heavy atom. The van der Waals surface area contributed by atoms with Crippen molar-refractivity contribution in [2.45, 2.75) is 20.3 Å². The highest BCUT2D eigenvalue weighted by Crippen LogP contribution is 2.25. The van der Waals surface area contributed by atoms with Gasteiger partial charge in [0.05, 0.1) is 5.52 Å². The van der Waals surface area contributed by atoms with Gasteiger partial charge >= 0.3 is 0 Å². The number of aromatic nitrogens is 2. The van der Waals surface area contributed by atoms with E-state index in [1.807, 2.05) is 0 Å². The van der Waals surface area contributed by atoms with Gasteiger partial charge in [-0.2, -0.15) is 0 Å². The molecule has 3 heterocycles. The van der Waals surface area contributed by atoms with Gasteiger partial charge in [0.1, 0.15) is 10.4 Å². The second-order valence-electron chi connectivity index (χ2n) is 5.79. The number of hydrogen-bond donors (Lipinski definition) is 1. The van der Waals surface area contributed by atoms with Crippen molar-refractivity contribution in [1.29, 1.82) is 0 Å². The summed E-state index contributed by atoms with van der Waals surface area (Å²) in [5, 5.41) is 3.39. The zero-order valence-corrected chi connectivity index (χ0v) is 13.7. The number of hydrogen-bond acceptors (Lipinski definition) is 3. The van der Waals surface area contributed by atoms with Crippen molar-refractivity contribution in [2.75, 3.05) is 31.1 Å². The summed E-state index contributed by atoms with van der Waals surface area (Å²) in [7, 11) is 0. The van der Waals surface area contributed by atoms with Crippen molar-refractivity contribution in [3.05, 3.63) is 28.8 Å². The molecule has 2 aromatic rings. The molecule has 0 amide bonds. The third-order valence-corrected chi connectivity index (χ3v) is 4.31. The first-order valence-corrected chi connectivity index (χ1v) is 8.06. The highest BCUT2D eigenvalue weighted by molar-refractivity contribution is 9.10. The Kier molecular flexibility index (Phi) is 3.98. The van der Waals surface area contributed by atoms with Gasteiger partial charge in [-0.3, -0.25) is 0 Å². The average molecular weight is 337 g/mol. The molecule has 1 aliphatic rings. The fraction of sp³-hybridized carbons (Fsp3) is 0.533. The maximum atomic E-state index is 4.66. The number of halogens is 1. The number of nitrogens with one attached hydrogen (secondary N) is 1. The second kappa shape index (κ2) is 5.74. The van der Waals surface area contributed by atoms with Crippen LogP contribution in [0.2, 0.25) is 0 Å². The lowest BCUT2D eigenvalue weighted by molar-refractivity contribution is 0.589. The van der Waals surface area contributed by atoms with Crippen molar-refractivity contribution in [3.63, 3.8) is 0 Å². The summed E-state index contributed by atoms with van der Waals surface area (Å²) in [6, 6.07) is 4.45. The van der Waals surface area contributed by atoms with Crippen LogP contribution in [0.4, 0.5) is 5.69 Å². The second-order valence-corrected chi connectivity index (χ2v) is 6.55. The minimum atomic E-state index is 0.611. The van der Waals surface area contributed by atoms with Crippen LogP contribution in [0.15, 0.2) is 22.9 Å². The molecule has 1 saturated heterocycles. The van der Waals surface area contributed by atoms with Crippen LogP contribution in [0.3, 0.4) is 0 Å². The predicted octanol–water partition coefficient (Wildman–Crippen LogP) is 2.70. The Morgan fingerprint density at radius 3 is 2.80 bits per heavy atom. The van der Waals surface area contributed by atoms with E-state index in [4.69, 9.17) is 0 Å². The Labute approximate surface area is 128 Å². The lowest BCUT2D eigenvalue weighted by atomic mass is 10.1. The van der Waals surface area contributed by atoms with E-state index in [0.29, 0.717) is 5.92 Å². The molecule has 0 spiro atoms. The molecule has 4 nitrogen and oxygen atoms in total. The molecule has 1 fully saturated rings. The van der Waals surface area contributed by atoms with Crippen molar-refractivity contribution >= 4 is 27.1 Å². The average Bonchev–Trinajstić information content (AvgIpc) is 2.75. The van der Waals surface area contributed by atoms with E-state index in [1.54, 1.807) is 0 Å². The summed E-state index contributed by atoms with van der Waals surface area (Å²) in [5.74, 6) is 1.74. The van der Waals surface area contributed by atoms with Crippen molar-refractivity contribution in [2.24, 2.45) is 5.92 Å². The molecule has 0 atom stereocenters. The van der Waals surface area contributed by atoms with Gasteiger partial charge in [0.15, 0.2) is 0 Å². The van der Waals surface area contributed by atoms with Crippen molar-refractivity contribution in [3.8, 4) is 0 Å². The number of anilines is 1. The normalized spacial score (nSPS) is 16.3. The van der Waals surface area contributed by atoms with Crippen LogP contribution in [0.1, 0.15) is 19.7 Å². The van der Waals surface area contributed by atoms with E-state index in [1.165, 1.54) is 5.69 Å². The quantitative estimate of drug-likeness (QED) is 0.935. The van der Waals surface area contributed by atoms with Gasteiger partial charge < -0.3 is 14.6 Å². The molecule has 1 aliphatic heterocycles. The van der Waals surface area contributed by atoms with Crippen LogP contribution in [-0.4, -0.2) is 35.6 Å². The standard InChI is InChI=1S/C15H21BrN4/c1-11(2)9-14-18-15(16)13-10-12(3-6-20(13)14)19-7-4-17-5-8-19/h3,6,10-11,17H,4-5,7-9H2,1-2H3. The van der Waals surface area contributed by atoms with Crippen LogP contribution in [0, 0.1) is 5.92 Å². The number of imidazole rings is 1. The molecular formula is C15H21BrN4. The molecule has 0 radical (unpaired) electrons. The molecule has 20 heavy (non-hydrogen) atoms. The van der Waals surface area contributed by atoms with E-state index < -0.39 is 0 Å². The fourth-order valence-corrected chi connectivity index (χ4v) is 3.24. The summed E-state index contributed by atoms with van der Waals surface area (Å²) in [6.07, 6.45) is 3.15. The van der Waals surface area contributed by atoms with Crippen LogP contribution < -0.4 is 10.2 Å². The number of pyridine rings is 1. The molecule has 3 rings (SSSR count). The third-order valence-electron chi connectivity index (χ3n) is 3.73. The minimum absolute atomic E-state index is 0.611. The molecule has 0 aliphatic carbocycles.